The highest BCUT2D eigenvalue weighted by molar-refractivity contribution is 7.14. The average Bonchev–Trinajstić information content (AvgIpc) is 3.21. The van der Waals surface area contributed by atoms with E-state index in [0.29, 0.717) is 18.0 Å². The molecule has 0 saturated carbocycles. The molecule has 7 heteroatoms. The molecule has 1 saturated heterocycles. The molecule has 1 unspecified atom stereocenters. The van der Waals surface area contributed by atoms with Crippen LogP contribution in [-0.4, -0.2) is 30.5 Å². The van der Waals surface area contributed by atoms with Crippen molar-refractivity contribution in [2.45, 2.75) is 19.8 Å². The summed E-state index contributed by atoms with van der Waals surface area (Å²) in [4.78, 5) is 30.7. The van der Waals surface area contributed by atoms with Crippen molar-refractivity contribution in [2.75, 3.05) is 23.9 Å². The molecule has 24 heavy (non-hydrogen) atoms. The van der Waals surface area contributed by atoms with Gasteiger partial charge in [-0.25, -0.2) is 4.98 Å². The maximum absolute atomic E-state index is 12.5. The summed E-state index contributed by atoms with van der Waals surface area (Å²) >= 11 is 1.40. The minimum atomic E-state index is -0.380. The second kappa shape index (κ2) is 7.00. The molecule has 2 heterocycles. The number of thiazole rings is 1. The lowest BCUT2D eigenvalue weighted by Gasteiger charge is -2.19. The van der Waals surface area contributed by atoms with Gasteiger partial charge in [-0.2, -0.15) is 0 Å². The predicted molar refractivity (Wildman–Crippen MR) is 93.6 cm³/mol. The van der Waals surface area contributed by atoms with E-state index in [1.807, 2.05) is 25.1 Å². The second-order valence-electron chi connectivity index (χ2n) is 5.55. The summed E-state index contributed by atoms with van der Waals surface area (Å²) in [5.41, 5.74) is 3.29. The van der Waals surface area contributed by atoms with Crippen molar-refractivity contribution in [1.29, 1.82) is 0 Å². The lowest BCUT2D eigenvalue weighted by Crippen LogP contribution is -2.28. The average molecular weight is 345 g/mol. The Morgan fingerprint density at radius 2 is 2.25 bits per heavy atom. The quantitative estimate of drug-likeness (QED) is 0.904. The number of anilines is 2. The highest BCUT2D eigenvalue weighted by Crippen LogP contribution is 2.33. The van der Waals surface area contributed by atoms with Gasteiger partial charge in [-0.1, -0.05) is 19.1 Å². The molecular formula is C17H19N3O3S. The summed E-state index contributed by atoms with van der Waals surface area (Å²) in [6.45, 7) is 2.35. The van der Waals surface area contributed by atoms with E-state index in [-0.39, 0.29) is 24.2 Å². The van der Waals surface area contributed by atoms with Gasteiger partial charge in [0.15, 0.2) is 0 Å². The number of methoxy groups -OCH3 is 1. The van der Waals surface area contributed by atoms with Crippen LogP contribution in [0.15, 0.2) is 29.8 Å². The van der Waals surface area contributed by atoms with E-state index in [1.165, 1.54) is 11.3 Å². The zero-order valence-corrected chi connectivity index (χ0v) is 14.4. The van der Waals surface area contributed by atoms with Crippen molar-refractivity contribution in [3.05, 3.63) is 35.5 Å². The van der Waals surface area contributed by atoms with Crippen molar-refractivity contribution in [3.8, 4) is 5.75 Å². The number of carbonyl (C=O) groups is 2. The molecule has 3 rings (SSSR count). The number of carbonyl (C=O) groups excluding carboxylic acids is 2. The molecule has 126 valence electrons. The van der Waals surface area contributed by atoms with Gasteiger partial charge >= 0.3 is 0 Å². The smallest absolute Gasteiger partial charge is 0.230 e. The van der Waals surface area contributed by atoms with Crippen molar-refractivity contribution < 1.29 is 14.3 Å². The number of para-hydroxylation sites is 2. The van der Waals surface area contributed by atoms with Gasteiger partial charge in [-0.3, -0.25) is 9.59 Å². The van der Waals surface area contributed by atoms with Crippen molar-refractivity contribution >= 4 is 33.8 Å². The molecule has 6 nitrogen and oxygen atoms in total. The fourth-order valence-corrected chi connectivity index (χ4v) is 3.58. The number of ether oxygens (including phenoxy) is 1. The van der Waals surface area contributed by atoms with Crippen LogP contribution in [0.2, 0.25) is 0 Å². The number of aryl methyl sites for hydroxylation is 1. The lowest BCUT2D eigenvalue weighted by molar-refractivity contribution is -0.122. The van der Waals surface area contributed by atoms with E-state index < -0.39 is 0 Å². The molecule has 1 aliphatic rings. The Balaban J connectivity index is 1.73. The molecular weight excluding hydrogens is 326 g/mol. The maximum Gasteiger partial charge on any atom is 0.230 e. The third-order valence-corrected chi connectivity index (χ3v) is 4.87. The molecule has 1 fully saturated rings. The fourth-order valence-electron chi connectivity index (χ4n) is 2.81. The van der Waals surface area contributed by atoms with E-state index in [1.54, 1.807) is 23.6 Å². The van der Waals surface area contributed by atoms with Gasteiger partial charge in [0.2, 0.25) is 11.8 Å². The standard InChI is InChI=1S/C17H19N3O3S/c1-3-12-17(24-10-18-12)19-16(22)11-8-15(21)20(9-11)13-6-4-5-7-14(13)23-2/h4-7,10-11H,3,8-9H2,1-2H3,(H,19,22). The van der Waals surface area contributed by atoms with Gasteiger partial charge < -0.3 is 15.0 Å². The van der Waals surface area contributed by atoms with Crippen LogP contribution in [0, 0.1) is 5.92 Å². The highest BCUT2D eigenvalue weighted by atomic mass is 32.1. The third-order valence-electron chi connectivity index (χ3n) is 4.08. The molecule has 0 aliphatic carbocycles. The molecule has 1 atom stereocenters. The van der Waals surface area contributed by atoms with Gasteiger partial charge in [-0.15, -0.1) is 11.3 Å². The molecule has 1 aromatic heterocycles. The van der Waals surface area contributed by atoms with Crippen LogP contribution in [0.4, 0.5) is 10.7 Å². The molecule has 1 aromatic carbocycles. The number of rotatable bonds is 5. The van der Waals surface area contributed by atoms with Crippen LogP contribution in [0.3, 0.4) is 0 Å². The largest absolute Gasteiger partial charge is 0.495 e. The summed E-state index contributed by atoms with van der Waals surface area (Å²) in [5.74, 6) is 0.0382. The first-order valence-electron chi connectivity index (χ1n) is 7.80. The SMILES string of the molecule is CCc1ncsc1NC(=O)C1CC(=O)N(c2ccccc2OC)C1. The predicted octanol–water partition coefficient (Wildman–Crippen LogP) is 2.71. The molecule has 1 N–H and O–H groups in total. The fraction of sp³-hybridized carbons (Fsp3) is 0.353. The molecule has 0 radical (unpaired) electrons. The summed E-state index contributed by atoms with van der Waals surface area (Å²) < 4.78 is 5.32. The Bertz CT molecular complexity index is 759. The number of hydrogen-bond acceptors (Lipinski definition) is 5. The number of benzene rings is 1. The Kier molecular flexibility index (Phi) is 4.80. The summed E-state index contributed by atoms with van der Waals surface area (Å²) in [5, 5.41) is 3.68. The van der Waals surface area contributed by atoms with E-state index in [4.69, 9.17) is 4.74 Å². The van der Waals surface area contributed by atoms with Crippen molar-refractivity contribution in [3.63, 3.8) is 0 Å². The van der Waals surface area contributed by atoms with Gasteiger partial charge in [0, 0.05) is 13.0 Å². The zero-order valence-electron chi connectivity index (χ0n) is 13.6. The first-order chi connectivity index (χ1) is 11.6. The molecule has 1 aliphatic heterocycles. The number of hydrogen-bond donors (Lipinski definition) is 1. The Hall–Kier alpha value is -2.41. The number of nitrogens with zero attached hydrogens (tertiary/aromatic N) is 2. The van der Waals surface area contributed by atoms with E-state index >= 15 is 0 Å². The Morgan fingerprint density at radius 3 is 3.00 bits per heavy atom. The first kappa shape index (κ1) is 16.4. The number of nitrogens with one attached hydrogen (secondary N) is 1. The minimum absolute atomic E-state index is 0.0698. The third kappa shape index (κ3) is 3.12. The van der Waals surface area contributed by atoms with E-state index in [2.05, 4.69) is 10.3 Å². The zero-order chi connectivity index (χ0) is 17.1. The van der Waals surface area contributed by atoms with Crippen LogP contribution in [0.5, 0.6) is 5.75 Å². The normalized spacial score (nSPS) is 17.2. The summed E-state index contributed by atoms with van der Waals surface area (Å²) in [6.07, 6.45) is 0.959. The minimum Gasteiger partial charge on any atom is -0.495 e. The topological polar surface area (TPSA) is 71.5 Å². The van der Waals surface area contributed by atoms with Crippen LogP contribution in [0.1, 0.15) is 19.0 Å². The molecule has 0 bridgehead atoms. The Morgan fingerprint density at radius 1 is 1.46 bits per heavy atom. The maximum atomic E-state index is 12.5. The summed E-state index contributed by atoms with van der Waals surface area (Å²) in [6, 6.07) is 7.34. The van der Waals surface area contributed by atoms with Crippen LogP contribution >= 0.6 is 11.3 Å². The lowest BCUT2D eigenvalue weighted by atomic mass is 10.1. The van der Waals surface area contributed by atoms with E-state index in [0.717, 1.165) is 17.1 Å². The number of aromatic nitrogens is 1. The van der Waals surface area contributed by atoms with Crippen molar-refractivity contribution in [1.82, 2.24) is 4.98 Å². The van der Waals surface area contributed by atoms with E-state index in [9.17, 15) is 9.59 Å². The molecule has 2 aromatic rings. The second-order valence-corrected chi connectivity index (χ2v) is 6.40. The van der Waals surface area contributed by atoms with Gasteiger partial charge in [0.05, 0.1) is 29.9 Å². The highest BCUT2D eigenvalue weighted by Gasteiger charge is 2.36. The summed E-state index contributed by atoms with van der Waals surface area (Å²) in [7, 11) is 1.57. The van der Waals surface area contributed by atoms with Crippen molar-refractivity contribution in [2.24, 2.45) is 5.92 Å². The first-order valence-corrected chi connectivity index (χ1v) is 8.68. The van der Waals surface area contributed by atoms with Crippen LogP contribution in [-0.2, 0) is 16.0 Å². The van der Waals surface area contributed by atoms with Gasteiger partial charge in [-0.05, 0) is 18.6 Å². The monoisotopic (exact) mass is 345 g/mol. The van der Waals surface area contributed by atoms with Gasteiger partial charge in [0.1, 0.15) is 10.8 Å². The van der Waals surface area contributed by atoms with Crippen LogP contribution < -0.4 is 15.0 Å². The Labute approximate surface area is 144 Å². The molecule has 0 spiro atoms. The van der Waals surface area contributed by atoms with Gasteiger partial charge in [0.25, 0.3) is 0 Å². The van der Waals surface area contributed by atoms with Crippen LogP contribution in [0.25, 0.3) is 0 Å². The number of amides is 2. The molecule has 2 amide bonds.